The predicted octanol–water partition coefficient (Wildman–Crippen LogP) is 2.60. The minimum absolute atomic E-state index is 0.161. The summed E-state index contributed by atoms with van der Waals surface area (Å²) in [7, 11) is 1.66. The largest absolute Gasteiger partial charge is 0.383 e. The van der Waals surface area contributed by atoms with E-state index in [0.717, 1.165) is 5.56 Å². The number of hydrogen-bond donors (Lipinski definition) is 1. The van der Waals surface area contributed by atoms with Crippen molar-refractivity contribution >= 4 is 11.6 Å². The molecule has 4 heteroatoms. The number of ether oxygens (including phenoxy) is 1. The van der Waals surface area contributed by atoms with Crippen LogP contribution in [0, 0.1) is 5.82 Å². The molecule has 1 aromatic rings. The van der Waals surface area contributed by atoms with Crippen LogP contribution < -0.4 is 5.32 Å². The summed E-state index contributed by atoms with van der Waals surface area (Å²) in [6, 6.07) is 4.98. The van der Waals surface area contributed by atoms with Gasteiger partial charge in [0.15, 0.2) is 0 Å². The van der Waals surface area contributed by atoms with Crippen LogP contribution in [0.15, 0.2) is 18.2 Å². The maximum Gasteiger partial charge on any atom is 0.141 e. The van der Waals surface area contributed by atoms with Gasteiger partial charge in [0.05, 0.1) is 11.6 Å². The normalized spacial score (nSPS) is 12.8. The zero-order valence-electron chi connectivity index (χ0n) is 8.89. The van der Waals surface area contributed by atoms with Gasteiger partial charge >= 0.3 is 0 Å². The number of hydrogen-bond acceptors (Lipinski definition) is 2. The van der Waals surface area contributed by atoms with Gasteiger partial charge in [0.2, 0.25) is 0 Å². The van der Waals surface area contributed by atoms with E-state index in [2.05, 4.69) is 5.32 Å². The molecule has 1 N–H and O–H groups in total. The van der Waals surface area contributed by atoms with E-state index in [0.29, 0.717) is 13.2 Å². The second-order valence-corrected chi connectivity index (χ2v) is 3.89. The van der Waals surface area contributed by atoms with Crippen LogP contribution in [-0.4, -0.2) is 19.8 Å². The molecule has 0 amide bonds. The first-order valence-corrected chi connectivity index (χ1v) is 5.17. The highest BCUT2D eigenvalue weighted by Gasteiger charge is 2.03. The molecule has 0 fully saturated rings. The zero-order valence-corrected chi connectivity index (χ0v) is 9.64. The maximum atomic E-state index is 12.8. The van der Waals surface area contributed by atoms with E-state index in [9.17, 15) is 4.39 Å². The highest BCUT2D eigenvalue weighted by Crippen LogP contribution is 2.15. The molecule has 1 rings (SSSR count). The summed E-state index contributed by atoms with van der Waals surface area (Å²) < 4.78 is 17.8. The Morgan fingerprint density at radius 2 is 2.27 bits per heavy atom. The minimum Gasteiger partial charge on any atom is -0.383 e. The van der Waals surface area contributed by atoms with Crippen LogP contribution in [0.5, 0.6) is 0 Å². The van der Waals surface area contributed by atoms with Gasteiger partial charge in [-0.2, -0.15) is 0 Å². The van der Waals surface area contributed by atoms with Gasteiger partial charge in [-0.15, -0.1) is 0 Å². The molecular weight excluding hydrogens is 217 g/mol. The van der Waals surface area contributed by atoms with E-state index in [1.165, 1.54) is 6.07 Å². The fourth-order valence-corrected chi connectivity index (χ4v) is 1.45. The average molecular weight is 232 g/mol. The standard InChI is InChI=1S/C11H15ClFNO/c1-8(7-15-2)14-6-9-3-4-11(13)10(12)5-9/h3-5,8,14H,6-7H2,1-2H3. The third-order valence-electron chi connectivity index (χ3n) is 2.06. The molecule has 15 heavy (non-hydrogen) atoms. The predicted molar refractivity (Wildman–Crippen MR) is 59.6 cm³/mol. The van der Waals surface area contributed by atoms with Crippen LogP contribution in [0.1, 0.15) is 12.5 Å². The summed E-state index contributed by atoms with van der Waals surface area (Å²) in [5.74, 6) is -0.384. The van der Waals surface area contributed by atoms with Crippen molar-refractivity contribution in [3.05, 3.63) is 34.6 Å². The van der Waals surface area contributed by atoms with Crippen molar-refractivity contribution in [3.63, 3.8) is 0 Å². The van der Waals surface area contributed by atoms with Crippen LogP contribution in [-0.2, 0) is 11.3 Å². The third kappa shape index (κ3) is 4.16. The second-order valence-electron chi connectivity index (χ2n) is 3.49. The molecule has 0 saturated heterocycles. The number of nitrogens with one attached hydrogen (secondary N) is 1. The topological polar surface area (TPSA) is 21.3 Å². The van der Waals surface area contributed by atoms with Gasteiger partial charge in [0.25, 0.3) is 0 Å². The van der Waals surface area contributed by atoms with Gasteiger partial charge < -0.3 is 10.1 Å². The number of benzene rings is 1. The lowest BCUT2D eigenvalue weighted by atomic mass is 10.2. The van der Waals surface area contributed by atoms with Crippen LogP contribution in [0.4, 0.5) is 4.39 Å². The van der Waals surface area contributed by atoms with Crippen LogP contribution in [0.3, 0.4) is 0 Å². The molecule has 0 aliphatic rings. The van der Waals surface area contributed by atoms with Gasteiger partial charge in [0, 0.05) is 19.7 Å². The van der Waals surface area contributed by atoms with E-state index in [4.69, 9.17) is 16.3 Å². The second kappa shape index (κ2) is 6.05. The molecule has 0 heterocycles. The number of halogens is 2. The highest BCUT2D eigenvalue weighted by molar-refractivity contribution is 6.30. The van der Waals surface area contributed by atoms with Gasteiger partial charge in [-0.25, -0.2) is 4.39 Å². The fourth-order valence-electron chi connectivity index (χ4n) is 1.25. The first-order chi connectivity index (χ1) is 7.13. The van der Waals surface area contributed by atoms with Crippen molar-refractivity contribution in [2.75, 3.05) is 13.7 Å². The summed E-state index contributed by atoms with van der Waals surface area (Å²) in [5, 5.41) is 3.40. The average Bonchev–Trinajstić information content (AvgIpc) is 2.20. The summed E-state index contributed by atoms with van der Waals surface area (Å²) in [6.07, 6.45) is 0. The lowest BCUT2D eigenvalue weighted by Crippen LogP contribution is -2.29. The van der Waals surface area contributed by atoms with Gasteiger partial charge in [0.1, 0.15) is 5.82 Å². The Labute approximate surface area is 94.4 Å². The lowest BCUT2D eigenvalue weighted by Gasteiger charge is -2.12. The molecule has 84 valence electrons. The molecule has 0 bridgehead atoms. The Morgan fingerprint density at radius 3 is 2.87 bits per heavy atom. The molecule has 0 spiro atoms. The molecule has 1 unspecified atom stereocenters. The van der Waals surface area contributed by atoms with E-state index >= 15 is 0 Å². The van der Waals surface area contributed by atoms with Gasteiger partial charge in [-0.05, 0) is 24.6 Å². The Morgan fingerprint density at radius 1 is 1.53 bits per heavy atom. The lowest BCUT2D eigenvalue weighted by molar-refractivity contribution is 0.171. The smallest absolute Gasteiger partial charge is 0.141 e. The quantitative estimate of drug-likeness (QED) is 0.841. The van der Waals surface area contributed by atoms with Crippen molar-refractivity contribution in [2.24, 2.45) is 0 Å². The number of rotatable bonds is 5. The van der Waals surface area contributed by atoms with Gasteiger partial charge in [-0.1, -0.05) is 17.7 Å². The van der Waals surface area contributed by atoms with Crippen LogP contribution >= 0.6 is 11.6 Å². The number of methoxy groups -OCH3 is 1. The minimum atomic E-state index is -0.384. The van der Waals surface area contributed by atoms with Crippen molar-refractivity contribution in [2.45, 2.75) is 19.5 Å². The van der Waals surface area contributed by atoms with Crippen molar-refractivity contribution in [1.29, 1.82) is 0 Å². The molecule has 0 radical (unpaired) electrons. The van der Waals surface area contributed by atoms with Crippen LogP contribution in [0.2, 0.25) is 5.02 Å². The molecule has 0 aromatic heterocycles. The van der Waals surface area contributed by atoms with Crippen molar-refractivity contribution < 1.29 is 9.13 Å². The summed E-state index contributed by atoms with van der Waals surface area (Å²) >= 11 is 5.66. The summed E-state index contributed by atoms with van der Waals surface area (Å²) in [5.41, 5.74) is 0.962. The van der Waals surface area contributed by atoms with E-state index in [-0.39, 0.29) is 16.9 Å². The third-order valence-corrected chi connectivity index (χ3v) is 2.34. The SMILES string of the molecule is COCC(C)NCc1ccc(F)c(Cl)c1. The Hall–Kier alpha value is -0.640. The monoisotopic (exact) mass is 231 g/mol. The van der Waals surface area contributed by atoms with Crippen molar-refractivity contribution in [3.8, 4) is 0 Å². The molecule has 0 aliphatic heterocycles. The van der Waals surface area contributed by atoms with E-state index in [1.807, 2.05) is 6.92 Å². The molecule has 0 aliphatic carbocycles. The molecule has 1 aromatic carbocycles. The maximum absolute atomic E-state index is 12.8. The van der Waals surface area contributed by atoms with Crippen molar-refractivity contribution in [1.82, 2.24) is 5.32 Å². The molecular formula is C11H15ClFNO. The Balaban J connectivity index is 2.47. The summed E-state index contributed by atoms with van der Waals surface area (Å²) in [6.45, 7) is 3.33. The van der Waals surface area contributed by atoms with E-state index < -0.39 is 0 Å². The summed E-state index contributed by atoms with van der Waals surface area (Å²) in [4.78, 5) is 0. The zero-order chi connectivity index (χ0) is 11.3. The molecule has 2 nitrogen and oxygen atoms in total. The first kappa shape index (κ1) is 12.4. The fraction of sp³-hybridized carbons (Fsp3) is 0.455. The first-order valence-electron chi connectivity index (χ1n) is 4.79. The molecule has 1 atom stereocenters. The Kier molecular flexibility index (Phi) is 5.02. The molecule has 0 saturated carbocycles. The van der Waals surface area contributed by atoms with Gasteiger partial charge in [-0.3, -0.25) is 0 Å². The van der Waals surface area contributed by atoms with Crippen LogP contribution in [0.25, 0.3) is 0 Å². The highest BCUT2D eigenvalue weighted by atomic mass is 35.5. The Bertz CT molecular complexity index is 319. The van der Waals surface area contributed by atoms with E-state index in [1.54, 1.807) is 19.2 Å².